The van der Waals surface area contributed by atoms with Crippen molar-refractivity contribution in [3.05, 3.63) is 96.2 Å². The molecule has 0 fully saturated rings. The van der Waals surface area contributed by atoms with Crippen LogP contribution in [0.15, 0.2) is 85.1 Å². The van der Waals surface area contributed by atoms with Gasteiger partial charge in [-0.1, -0.05) is 44.2 Å². The summed E-state index contributed by atoms with van der Waals surface area (Å²) in [5.41, 5.74) is 5.32. The van der Waals surface area contributed by atoms with Gasteiger partial charge in [0.2, 0.25) is 5.91 Å². The van der Waals surface area contributed by atoms with Gasteiger partial charge in [-0.2, -0.15) is 5.10 Å². The maximum atomic E-state index is 12.7. The van der Waals surface area contributed by atoms with Gasteiger partial charge in [0.05, 0.1) is 19.9 Å². The van der Waals surface area contributed by atoms with Crippen molar-refractivity contribution < 1.29 is 14.3 Å². The molecule has 0 saturated heterocycles. The van der Waals surface area contributed by atoms with Crippen LogP contribution in [0.5, 0.6) is 11.5 Å². The predicted octanol–water partition coefficient (Wildman–Crippen LogP) is 6.72. The molecule has 0 aliphatic rings. The highest BCUT2D eigenvalue weighted by molar-refractivity contribution is 6.02. The number of aromatic nitrogens is 2. The van der Waals surface area contributed by atoms with Crippen molar-refractivity contribution in [2.75, 3.05) is 19.5 Å². The SMILES string of the molecule is CC[C@@H](C)c1ccc(NC(=O)/C=C/c2cn(-c3ccccc3)nc2-c2ccc(OC)c(OC)c2)cc1. The van der Waals surface area contributed by atoms with Crippen LogP contribution in [0.3, 0.4) is 0 Å². The van der Waals surface area contributed by atoms with E-state index in [2.05, 4.69) is 31.3 Å². The Balaban J connectivity index is 1.62. The normalized spacial score (nSPS) is 11.9. The molecule has 0 radical (unpaired) electrons. The van der Waals surface area contributed by atoms with E-state index < -0.39 is 0 Å². The number of ether oxygens (including phenoxy) is 2. The number of anilines is 1. The summed E-state index contributed by atoms with van der Waals surface area (Å²) in [5.74, 6) is 1.53. The van der Waals surface area contributed by atoms with Crippen LogP contribution in [-0.2, 0) is 4.79 Å². The lowest BCUT2D eigenvalue weighted by Crippen LogP contribution is -2.07. The van der Waals surface area contributed by atoms with Crippen LogP contribution in [0, 0.1) is 0 Å². The number of hydrogen-bond donors (Lipinski definition) is 1. The molecule has 0 saturated carbocycles. The lowest BCUT2D eigenvalue weighted by atomic mass is 9.99. The Hall–Kier alpha value is -4.32. The summed E-state index contributed by atoms with van der Waals surface area (Å²) in [5, 5.41) is 7.75. The van der Waals surface area contributed by atoms with Gasteiger partial charge >= 0.3 is 0 Å². The van der Waals surface area contributed by atoms with E-state index in [1.54, 1.807) is 25.0 Å². The van der Waals surface area contributed by atoms with Crippen LogP contribution in [0.4, 0.5) is 5.69 Å². The lowest BCUT2D eigenvalue weighted by molar-refractivity contribution is -0.111. The van der Waals surface area contributed by atoms with Crippen molar-refractivity contribution in [2.24, 2.45) is 0 Å². The van der Waals surface area contributed by atoms with E-state index in [4.69, 9.17) is 14.6 Å². The summed E-state index contributed by atoms with van der Waals surface area (Å²) in [6.07, 6.45) is 6.29. The second-order valence-electron chi connectivity index (χ2n) is 8.54. The van der Waals surface area contributed by atoms with E-state index >= 15 is 0 Å². The molecule has 0 aliphatic carbocycles. The third kappa shape index (κ3) is 5.66. The Morgan fingerprint density at radius 1 is 1.00 bits per heavy atom. The molecule has 4 rings (SSSR count). The molecule has 1 heterocycles. The highest BCUT2D eigenvalue weighted by Gasteiger charge is 2.14. The van der Waals surface area contributed by atoms with Gasteiger partial charge in [0.25, 0.3) is 0 Å². The molecule has 184 valence electrons. The molecule has 3 aromatic carbocycles. The summed E-state index contributed by atoms with van der Waals surface area (Å²) in [4.78, 5) is 12.7. The molecule has 0 unspecified atom stereocenters. The number of carbonyl (C=O) groups is 1. The molecule has 0 bridgehead atoms. The monoisotopic (exact) mass is 481 g/mol. The predicted molar refractivity (Wildman–Crippen MR) is 145 cm³/mol. The molecule has 0 aliphatic heterocycles. The molecule has 6 nitrogen and oxygen atoms in total. The van der Waals surface area contributed by atoms with Crippen LogP contribution in [-0.4, -0.2) is 29.9 Å². The zero-order valence-corrected chi connectivity index (χ0v) is 21.1. The quantitative estimate of drug-likeness (QED) is 0.270. The lowest BCUT2D eigenvalue weighted by Gasteiger charge is -2.10. The van der Waals surface area contributed by atoms with Gasteiger partial charge in [-0.05, 0) is 66.4 Å². The number of amides is 1. The zero-order valence-electron chi connectivity index (χ0n) is 21.1. The van der Waals surface area contributed by atoms with Crippen molar-refractivity contribution >= 4 is 17.7 Å². The molecule has 0 spiro atoms. The largest absolute Gasteiger partial charge is 0.493 e. The van der Waals surface area contributed by atoms with Gasteiger partial charge in [-0.15, -0.1) is 0 Å². The molecular weight excluding hydrogens is 450 g/mol. The van der Waals surface area contributed by atoms with Crippen molar-refractivity contribution in [3.63, 3.8) is 0 Å². The van der Waals surface area contributed by atoms with Crippen LogP contribution < -0.4 is 14.8 Å². The minimum atomic E-state index is -0.211. The number of benzene rings is 3. The second-order valence-corrected chi connectivity index (χ2v) is 8.54. The first-order valence-electron chi connectivity index (χ1n) is 12.0. The summed E-state index contributed by atoms with van der Waals surface area (Å²) in [6, 6.07) is 23.5. The number of nitrogens with zero attached hydrogens (tertiary/aromatic N) is 2. The molecule has 6 heteroatoms. The van der Waals surface area contributed by atoms with E-state index in [-0.39, 0.29) is 5.91 Å². The maximum Gasteiger partial charge on any atom is 0.248 e. The number of carbonyl (C=O) groups excluding carboxylic acids is 1. The average Bonchev–Trinajstić information content (AvgIpc) is 3.36. The molecular formula is C30H31N3O3. The first-order valence-corrected chi connectivity index (χ1v) is 12.0. The van der Waals surface area contributed by atoms with Gasteiger partial charge in [0.1, 0.15) is 5.69 Å². The van der Waals surface area contributed by atoms with E-state index in [1.165, 1.54) is 11.6 Å². The maximum absolute atomic E-state index is 12.7. The van der Waals surface area contributed by atoms with E-state index in [1.807, 2.05) is 66.9 Å². The molecule has 36 heavy (non-hydrogen) atoms. The van der Waals surface area contributed by atoms with Gasteiger partial charge in [0.15, 0.2) is 11.5 Å². The molecule has 1 N–H and O–H groups in total. The Morgan fingerprint density at radius 3 is 2.39 bits per heavy atom. The minimum absolute atomic E-state index is 0.211. The van der Waals surface area contributed by atoms with Crippen molar-refractivity contribution in [3.8, 4) is 28.4 Å². The second kappa shape index (κ2) is 11.4. The zero-order chi connectivity index (χ0) is 25.5. The molecule has 1 atom stereocenters. The third-order valence-electron chi connectivity index (χ3n) is 6.19. The van der Waals surface area contributed by atoms with Crippen LogP contribution >= 0.6 is 0 Å². The van der Waals surface area contributed by atoms with Crippen molar-refractivity contribution in [1.82, 2.24) is 9.78 Å². The Morgan fingerprint density at radius 2 is 1.72 bits per heavy atom. The third-order valence-corrected chi connectivity index (χ3v) is 6.19. The fourth-order valence-electron chi connectivity index (χ4n) is 3.91. The minimum Gasteiger partial charge on any atom is -0.493 e. The fourth-order valence-corrected chi connectivity index (χ4v) is 3.91. The van der Waals surface area contributed by atoms with Gasteiger partial charge in [0, 0.05) is 29.1 Å². The average molecular weight is 482 g/mol. The van der Waals surface area contributed by atoms with Crippen LogP contribution in [0.25, 0.3) is 23.0 Å². The Labute approximate surface area is 212 Å². The number of hydrogen-bond acceptors (Lipinski definition) is 4. The highest BCUT2D eigenvalue weighted by atomic mass is 16.5. The fraction of sp³-hybridized carbons (Fsp3) is 0.200. The van der Waals surface area contributed by atoms with Gasteiger partial charge in [-0.25, -0.2) is 4.68 Å². The number of para-hydroxylation sites is 1. The summed E-state index contributed by atoms with van der Waals surface area (Å²) >= 11 is 0. The smallest absolute Gasteiger partial charge is 0.248 e. The van der Waals surface area contributed by atoms with Crippen molar-refractivity contribution in [2.45, 2.75) is 26.2 Å². The van der Waals surface area contributed by atoms with Crippen molar-refractivity contribution in [1.29, 1.82) is 0 Å². The van der Waals surface area contributed by atoms with Crippen LogP contribution in [0.1, 0.15) is 37.3 Å². The number of rotatable bonds is 9. The molecule has 1 aromatic heterocycles. The summed E-state index contributed by atoms with van der Waals surface area (Å²) in [6.45, 7) is 4.36. The van der Waals surface area contributed by atoms with Gasteiger partial charge < -0.3 is 14.8 Å². The topological polar surface area (TPSA) is 65.4 Å². The standard InChI is InChI=1S/C30H31N3O3/c1-5-21(2)22-11-15-25(16-12-22)31-29(34)18-14-24-20-33(26-9-7-6-8-10-26)32-30(24)23-13-17-27(35-3)28(19-23)36-4/h6-21H,5H2,1-4H3,(H,31,34)/b18-14+/t21-/m1/s1. The number of nitrogens with one attached hydrogen (secondary N) is 1. The number of methoxy groups -OCH3 is 2. The summed E-state index contributed by atoms with van der Waals surface area (Å²) < 4.78 is 12.7. The molecule has 4 aromatic rings. The first-order chi connectivity index (χ1) is 17.5. The molecule has 1 amide bonds. The van der Waals surface area contributed by atoms with E-state index in [9.17, 15) is 4.79 Å². The van der Waals surface area contributed by atoms with E-state index in [0.29, 0.717) is 17.4 Å². The Bertz CT molecular complexity index is 1340. The summed E-state index contributed by atoms with van der Waals surface area (Å²) in [7, 11) is 3.21. The van der Waals surface area contributed by atoms with E-state index in [0.717, 1.165) is 34.6 Å². The van der Waals surface area contributed by atoms with Gasteiger partial charge in [-0.3, -0.25) is 4.79 Å². The van der Waals surface area contributed by atoms with Crippen LogP contribution in [0.2, 0.25) is 0 Å². The first kappa shape index (κ1) is 24.8. The highest BCUT2D eigenvalue weighted by Crippen LogP contribution is 2.34. The Kier molecular flexibility index (Phi) is 7.85.